The third-order valence-corrected chi connectivity index (χ3v) is 3.00. The molecule has 1 atom stereocenters. The van der Waals surface area contributed by atoms with Crippen LogP contribution in [0.5, 0.6) is 0 Å². The van der Waals surface area contributed by atoms with E-state index in [9.17, 15) is 0 Å². The molecule has 0 saturated heterocycles. The molecule has 17 heavy (non-hydrogen) atoms. The predicted octanol–water partition coefficient (Wildman–Crippen LogP) is 2.59. The second-order valence-corrected chi connectivity index (χ2v) is 4.66. The Labute approximate surface area is 106 Å². The summed E-state index contributed by atoms with van der Waals surface area (Å²) in [5, 5.41) is 4.84. The van der Waals surface area contributed by atoms with Crippen LogP contribution in [-0.2, 0) is 6.54 Å². The van der Waals surface area contributed by atoms with Crippen LogP contribution in [0.3, 0.4) is 0 Å². The Bertz CT molecular complexity index is 493. The molecule has 2 N–H and O–H groups in total. The van der Waals surface area contributed by atoms with Crippen molar-refractivity contribution in [3.8, 4) is 0 Å². The van der Waals surface area contributed by atoms with E-state index in [1.165, 1.54) is 11.1 Å². The van der Waals surface area contributed by atoms with Crippen LogP contribution in [0.2, 0.25) is 5.02 Å². The summed E-state index contributed by atoms with van der Waals surface area (Å²) in [5.41, 5.74) is 8.33. The molecule has 0 aliphatic rings. The summed E-state index contributed by atoms with van der Waals surface area (Å²) >= 11 is 5.84. The minimum atomic E-state index is 0.269. The van der Waals surface area contributed by atoms with Gasteiger partial charge in [-0.25, -0.2) is 0 Å². The maximum atomic E-state index is 5.84. The van der Waals surface area contributed by atoms with E-state index in [-0.39, 0.29) is 5.92 Å². The standard InChI is InChI=1S/C13H16ClN3/c1-10-3-2-4-11(5-10)12(6-15)8-17-9-13(14)7-16-17/h2-5,7,9,12H,6,8,15H2,1H3. The molecule has 2 rings (SSSR count). The summed E-state index contributed by atoms with van der Waals surface area (Å²) in [6.07, 6.45) is 3.46. The van der Waals surface area contributed by atoms with Crippen molar-refractivity contribution < 1.29 is 0 Å². The number of aryl methyl sites for hydroxylation is 1. The fraction of sp³-hybridized carbons (Fsp3) is 0.308. The van der Waals surface area contributed by atoms with Gasteiger partial charge in [0.05, 0.1) is 11.2 Å². The van der Waals surface area contributed by atoms with E-state index in [1.807, 2.05) is 10.9 Å². The summed E-state index contributed by atoms with van der Waals surface area (Å²) in [7, 11) is 0. The Morgan fingerprint density at radius 2 is 2.29 bits per heavy atom. The lowest BCUT2D eigenvalue weighted by atomic mass is 9.98. The third-order valence-electron chi connectivity index (χ3n) is 2.81. The Morgan fingerprint density at radius 1 is 1.47 bits per heavy atom. The largest absolute Gasteiger partial charge is 0.330 e. The molecule has 1 aromatic heterocycles. The number of hydrogen-bond donors (Lipinski definition) is 1. The molecular formula is C13H16ClN3. The molecule has 1 heterocycles. The van der Waals surface area contributed by atoms with Gasteiger partial charge >= 0.3 is 0 Å². The van der Waals surface area contributed by atoms with Crippen LogP contribution in [-0.4, -0.2) is 16.3 Å². The van der Waals surface area contributed by atoms with Crippen molar-refractivity contribution in [3.63, 3.8) is 0 Å². The number of benzene rings is 1. The van der Waals surface area contributed by atoms with E-state index in [0.29, 0.717) is 11.6 Å². The monoisotopic (exact) mass is 249 g/mol. The first-order valence-corrected chi connectivity index (χ1v) is 6.01. The molecule has 0 radical (unpaired) electrons. The van der Waals surface area contributed by atoms with Gasteiger partial charge in [-0.3, -0.25) is 4.68 Å². The maximum absolute atomic E-state index is 5.84. The van der Waals surface area contributed by atoms with Gasteiger partial charge < -0.3 is 5.73 Å². The lowest BCUT2D eigenvalue weighted by Crippen LogP contribution is -2.18. The van der Waals surface area contributed by atoms with Crippen LogP contribution >= 0.6 is 11.6 Å². The number of rotatable bonds is 4. The van der Waals surface area contributed by atoms with E-state index in [4.69, 9.17) is 17.3 Å². The molecule has 0 bridgehead atoms. The SMILES string of the molecule is Cc1cccc(C(CN)Cn2cc(Cl)cn2)c1. The Morgan fingerprint density at radius 3 is 2.88 bits per heavy atom. The lowest BCUT2D eigenvalue weighted by molar-refractivity contribution is 0.521. The van der Waals surface area contributed by atoms with Crippen molar-refractivity contribution in [1.29, 1.82) is 0 Å². The first kappa shape index (κ1) is 12.1. The van der Waals surface area contributed by atoms with Gasteiger partial charge in [0.15, 0.2) is 0 Å². The molecule has 3 nitrogen and oxygen atoms in total. The molecule has 0 aliphatic heterocycles. The topological polar surface area (TPSA) is 43.8 Å². The highest BCUT2D eigenvalue weighted by Crippen LogP contribution is 2.18. The fourth-order valence-electron chi connectivity index (χ4n) is 1.90. The highest BCUT2D eigenvalue weighted by molar-refractivity contribution is 6.30. The number of halogens is 1. The molecule has 2 aromatic rings. The zero-order valence-corrected chi connectivity index (χ0v) is 10.6. The Hall–Kier alpha value is -1.32. The van der Waals surface area contributed by atoms with Crippen molar-refractivity contribution in [3.05, 3.63) is 52.8 Å². The average molecular weight is 250 g/mol. The predicted molar refractivity (Wildman–Crippen MR) is 70.2 cm³/mol. The zero-order valence-electron chi connectivity index (χ0n) is 9.81. The van der Waals surface area contributed by atoms with Crippen LogP contribution in [0.15, 0.2) is 36.7 Å². The molecule has 0 spiro atoms. The quantitative estimate of drug-likeness (QED) is 0.905. The van der Waals surface area contributed by atoms with Crippen LogP contribution in [0, 0.1) is 6.92 Å². The molecule has 0 aliphatic carbocycles. The summed E-state index contributed by atoms with van der Waals surface area (Å²) in [6, 6.07) is 8.42. The van der Waals surface area contributed by atoms with Crippen molar-refractivity contribution >= 4 is 11.6 Å². The molecule has 0 amide bonds. The third kappa shape index (κ3) is 3.08. The van der Waals surface area contributed by atoms with Crippen LogP contribution in [0.1, 0.15) is 17.0 Å². The Balaban J connectivity index is 2.16. The van der Waals surface area contributed by atoms with Crippen LogP contribution < -0.4 is 5.73 Å². The number of aromatic nitrogens is 2. The van der Waals surface area contributed by atoms with Crippen molar-refractivity contribution in [1.82, 2.24) is 9.78 Å². The second-order valence-electron chi connectivity index (χ2n) is 4.23. The normalized spacial score (nSPS) is 12.6. The van der Waals surface area contributed by atoms with E-state index >= 15 is 0 Å². The molecule has 4 heteroatoms. The molecule has 1 aromatic carbocycles. The van der Waals surface area contributed by atoms with E-state index in [1.54, 1.807) is 6.20 Å². The fourth-order valence-corrected chi connectivity index (χ4v) is 2.06. The molecule has 90 valence electrons. The first-order chi connectivity index (χ1) is 8.19. The Kier molecular flexibility index (Phi) is 3.82. The van der Waals surface area contributed by atoms with Gasteiger partial charge in [-0.05, 0) is 12.5 Å². The average Bonchev–Trinajstić information content (AvgIpc) is 2.72. The van der Waals surface area contributed by atoms with Gasteiger partial charge in [0.1, 0.15) is 0 Å². The zero-order chi connectivity index (χ0) is 12.3. The lowest BCUT2D eigenvalue weighted by Gasteiger charge is -2.15. The summed E-state index contributed by atoms with van der Waals surface area (Å²) in [6.45, 7) is 3.44. The van der Waals surface area contributed by atoms with Crippen molar-refractivity contribution in [2.24, 2.45) is 5.73 Å². The highest BCUT2D eigenvalue weighted by Gasteiger charge is 2.11. The van der Waals surface area contributed by atoms with E-state index in [2.05, 4.69) is 36.3 Å². The minimum Gasteiger partial charge on any atom is -0.330 e. The molecule has 1 unspecified atom stereocenters. The summed E-state index contributed by atoms with van der Waals surface area (Å²) in [4.78, 5) is 0. The molecule has 0 saturated carbocycles. The number of hydrogen-bond acceptors (Lipinski definition) is 2. The van der Waals surface area contributed by atoms with Crippen LogP contribution in [0.25, 0.3) is 0 Å². The number of nitrogens with zero attached hydrogens (tertiary/aromatic N) is 2. The van der Waals surface area contributed by atoms with Crippen LogP contribution in [0.4, 0.5) is 0 Å². The summed E-state index contributed by atoms with van der Waals surface area (Å²) < 4.78 is 1.84. The van der Waals surface area contributed by atoms with Crippen molar-refractivity contribution in [2.75, 3.05) is 6.54 Å². The molecule has 0 fully saturated rings. The van der Waals surface area contributed by atoms with Gasteiger partial charge in [-0.1, -0.05) is 41.4 Å². The number of nitrogens with two attached hydrogens (primary N) is 1. The van der Waals surface area contributed by atoms with Gasteiger partial charge in [0.2, 0.25) is 0 Å². The highest BCUT2D eigenvalue weighted by atomic mass is 35.5. The van der Waals surface area contributed by atoms with Gasteiger partial charge in [0, 0.05) is 25.2 Å². The minimum absolute atomic E-state index is 0.269. The van der Waals surface area contributed by atoms with Gasteiger partial charge in [-0.2, -0.15) is 5.10 Å². The smallest absolute Gasteiger partial charge is 0.0785 e. The molecular weight excluding hydrogens is 234 g/mol. The van der Waals surface area contributed by atoms with Gasteiger partial charge in [-0.15, -0.1) is 0 Å². The maximum Gasteiger partial charge on any atom is 0.0785 e. The van der Waals surface area contributed by atoms with Crippen molar-refractivity contribution in [2.45, 2.75) is 19.4 Å². The second kappa shape index (κ2) is 5.34. The summed E-state index contributed by atoms with van der Waals surface area (Å²) in [5.74, 6) is 0.269. The van der Waals surface area contributed by atoms with Gasteiger partial charge in [0.25, 0.3) is 0 Å². The van der Waals surface area contributed by atoms with E-state index in [0.717, 1.165) is 6.54 Å². The van der Waals surface area contributed by atoms with E-state index < -0.39 is 0 Å². The first-order valence-electron chi connectivity index (χ1n) is 5.63.